The van der Waals surface area contributed by atoms with E-state index in [2.05, 4.69) is 15.9 Å². The van der Waals surface area contributed by atoms with E-state index in [4.69, 9.17) is 11.5 Å². The van der Waals surface area contributed by atoms with E-state index in [1.54, 1.807) is 18.9 Å². The summed E-state index contributed by atoms with van der Waals surface area (Å²) in [5.74, 6) is -0.110. The van der Waals surface area contributed by atoms with Gasteiger partial charge in [0, 0.05) is 18.1 Å². The molecule has 1 amide bonds. The molecule has 1 atom stereocenters. The lowest BCUT2D eigenvalue weighted by Gasteiger charge is -2.34. The monoisotopic (exact) mass is 341 g/mol. The normalized spacial score (nSPS) is 14.8. The minimum Gasteiger partial charge on any atom is -0.343 e. The van der Waals surface area contributed by atoms with Gasteiger partial charge in [0.1, 0.15) is 5.54 Å². The van der Waals surface area contributed by atoms with E-state index in [0.717, 1.165) is 10.0 Å². The van der Waals surface area contributed by atoms with Crippen LogP contribution in [-0.4, -0.2) is 30.9 Å². The van der Waals surface area contributed by atoms with Crippen molar-refractivity contribution in [3.05, 3.63) is 34.3 Å². The third-order valence-electron chi connectivity index (χ3n) is 3.45. The molecule has 0 fully saturated rings. The van der Waals surface area contributed by atoms with Crippen LogP contribution in [0.2, 0.25) is 0 Å². The third-order valence-corrected chi connectivity index (χ3v) is 3.98. The molecule has 0 heterocycles. The van der Waals surface area contributed by atoms with E-state index in [1.165, 1.54) is 0 Å². The topological polar surface area (TPSA) is 72.3 Å². The van der Waals surface area contributed by atoms with Crippen molar-refractivity contribution in [2.45, 2.75) is 26.3 Å². The van der Waals surface area contributed by atoms with Gasteiger partial charge in [-0.25, -0.2) is 0 Å². The van der Waals surface area contributed by atoms with Crippen LogP contribution in [0.5, 0.6) is 0 Å². The lowest BCUT2D eigenvalue weighted by Crippen LogP contribution is -2.52. The Morgan fingerprint density at radius 2 is 1.75 bits per heavy atom. The molecule has 1 unspecified atom stereocenters. The van der Waals surface area contributed by atoms with E-state index in [9.17, 15) is 4.79 Å². The first-order chi connectivity index (χ1) is 9.10. The Balaban J connectivity index is 2.91. The maximum Gasteiger partial charge on any atom is 0.246 e. The molecule has 0 spiro atoms. The van der Waals surface area contributed by atoms with Gasteiger partial charge in [0.2, 0.25) is 5.91 Å². The van der Waals surface area contributed by atoms with Crippen LogP contribution in [0.15, 0.2) is 28.7 Å². The van der Waals surface area contributed by atoms with Gasteiger partial charge in [0.25, 0.3) is 0 Å². The van der Waals surface area contributed by atoms with Crippen molar-refractivity contribution in [3.8, 4) is 0 Å². The molecule has 4 nitrogen and oxygen atoms in total. The maximum absolute atomic E-state index is 12.6. The quantitative estimate of drug-likeness (QED) is 0.860. The van der Waals surface area contributed by atoms with Crippen molar-refractivity contribution in [3.63, 3.8) is 0 Å². The fourth-order valence-corrected chi connectivity index (χ4v) is 2.36. The molecule has 0 aliphatic heterocycles. The van der Waals surface area contributed by atoms with Gasteiger partial charge in [0.05, 0.1) is 0 Å². The molecule has 0 saturated carbocycles. The van der Waals surface area contributed by atoms with Crippen LogP contribution < -0.4 is 11.5 Å². The number of hydrogen-bond donors (Lipinski definition) is 2. The molecule has 112 valence electrons. The number of rotatable bonds is 5. The van der Waals surface area contributed by atoms with Gasteiger partial charge in [-0.15, -0.1) is 0 Å². The van der Waals surface area contributed by atoms with E-state index in [0.29, 0.717) is 13.1 Å². The highest BCUT2D eigenvalue weighted by atomic mass is 79.9. The Bertz CT molecular complexity index is 469. The lowest BCUT2D eigenvalue weighted by atomic mass is 9.89. The molecule has 1 aromatic carbocycles. The van der Waals surface area contributed by atoms with Crippen LogP contribution in [0.3, 0.4) is 0 Å². The largest absolute Gasteiger partial charge is 0.343 e. The standard InChI is InChI=1S/C15H24BrN3O/c1-14(2,9-17)10-19(4)13(20)15(3,18)11-5-7-12(16)8-6-11/h5-8H,9-10,17-18H2,1-4H3. The Kier molecular flexibility index (Phi) is 5.35. The molecule has 5 heteroatoms. The van der Waals surface area contributed by atoms with Gasteiger partial charge in [-0.2, -0.15) is 0 Å². The number of amides is 1. The van der Waals surface area contributed by atoms with E-state index < -0.39 is 5.54 Å². The number of benzene rings is 1. The van der Waals surface area contributed by atoms with Crippen LogP contribution in [-0.2, 0) is 10.3 Å². The molecular weight excluding hydrogens is 318 g/mol. The Labute approximate surface area is 129 Å². The highest BCUT2D eigenvalue weighted by molar-refractivity contribution is 9.10. The van der Waals surface area contributed by atoms with Gasteiger partial charge < -0.3 is 16.4 Å². The molecule has 0 saturated heterocycles. The van der Waals surface area contributed by atoms with Crippen molar-refractivity contribution in [2.24, 2.45) is 16.9 Å². The predicted molar refractivity (Wildman–Crippen MR) is 86.2 cm³/mol. The second-order valence-electron chi connectivity index (χ2n) is 6.24. The summed E-state index contributed by atoms with van der Waals surface area (Å²) in [7, 11) is 1.77. The highest BCUT2D eigenvalue weighted by Gasteiger charge is 2.34. The summed E-state index contributed by atoms with van der Waals surface area (Å²) in [6, 6.07) is 7.50. The molecule has 0 radical (unpaired) electrons. The van der Waals surface area contributed by atoms with Crippen molar-refractivity contribution in [1.29, 1.82) is 0 Å². The first-order valence-electron chi connectivity index (χ1n) is 6.61. The zero-order valence-electron chi connectivity index (χ0n) is 12.6. The molecule has 20 heavy (non-hydrogen) atoms. The van der Waals surface area contributed by atoms with E-state index >= 15 is 0 Å². The Morgan fingerprint density at radius 1 is 1.25 bits per heavy atom. The van der Waals surface area contributed by atoms with Crippen LogP contribution in [0.1, 0.15) is 26.3 Å². The summed E-state index contributed by atoms with van der Waals surface area (Å²) in [4.78, 5) is 14.3. The first kappa shape index (κ1) is 17.1. The molecular formula is C15H24BrN3O. The minimum atomic E-state index is -1.04. The third kappa shape index (κ3) is 4.04. The lowest BCUT2D eigenvalue weighted by molar-refractivity contribution is -0.136. The Morgan fingerprint density at radius 3 is 2.20 bits per heavy atom. The Hall–Kier alpha value is -0.910. The van der Waals surface area contributed by atoms with E-state index in [-0.39, 0.29) is 11.3 Å². The number of nitrogens with two attached hydrogens (primary N) is 2. The second-order valence-corrected chi connectivity index (χ2v) is 7.15. The fourth-order valence-electron chi connectivity index (χ4n) is 2.09. The van der Waals surface area contributed by atoms with Crippen LogP contribution in [0, 0.1) is 5.41 Å². The van der Waals surface area contributed by atoms with Crippen LogP contribution >= 0.6 is 15.9 Å². The predicted octanol–water partition coefficient (Wildman–Crippen LogP) is 2.07. The van der Waals surface area contributed by atoms with Gasteiger partial charge in [-0.1, -0.05) is 41.9 Å². The van der Waals surface area contributed by atoms with Gasteiger partial charge in [0.15, 0.2) is 0 Å². The molecule has 4 N–H and O–H groups in total. The summed E-state index contributed by atoms with van der Waals surface area (Å²) in [6.45, 7) is 6.90. The number of hydrogen-bond acceptors (Lipinski definition) is 3. The zero-order valence-corrected chi connectivity index (χ0v) is 14.2. The van der Waals surface area contributed by atoms with Crippen LogP contribution in [0.25, 0.3) is 0 Å². The van der Waals surface area contributed by atoms with Crippen LogP contribution in [0.4, 0.5) is 0 Å². The number of nitrogens with zero attached hydrogens (tertiary/aromatic N) is 1. The smallest absolute Gasteiger partial charge is 0.246 e. The fraction of sp³-hybridized carbons (Fsp3) is 0.533. The molecule has 0 aliphatic carbocycles. The van der Waals surface area contributed by atoms with Crippen molar-refractivity contribution in [2.75, 3.05) is 20.1 Å². The first-order valence-corrected chi connectivity index (χ1v) is 7.40. The number of likely N-dealkylation sites (N-methyl/N-ethyl adjacent to an activating group) is 1. The molecule has 0 aliphatic rings. The summed E-state index contributed by atoms with van der Waals surface area (Å²) in [5.41, 5.74) is 11.6. The van der Waals surface area contributed by atoms with E-state index in [1.807, 2.05) is 38.1 Å². The average molecular weight is 342 g/mol. The molecule has 1 rings (SSSR count). The summed E-state index contributed by atoms with van der Waals surface area (Å²) < 4.78 is 0.960. The van der Waals surface area contributed by atoms with Gasteiger partial charge >= 0.3 is 0 Å². The average Bonchev–Trinajstić information content (AvgIpc) is 2.37. The SMILES string of the molecule is CN(CC(C)(C)CN)C(=O)C(C)(N)c1ccc(Br)cc1. The summed E-state index contributed by atoms with van der Waals surface area (Å²) >= 11 is 3.38. The minimum absolute atomic E-state index is 0.110. The number of carbonyl (C=O) groups excluding carboxylic acids is 1. The van der Waals surface area contributed by atoms with Gasteiger partial charge in [-0.3, -0.25) is 4.79 Å². The molecule has 0 bridgehead atoms. The zero-order chi connectivity index (χ0) is 15.6. The summed E-state index contributed by atoms with van der Waals surface area (Å²) in [5, 5.41) is 0. The molecule has 1 aromatic rings. The second kappa shape index (κ2) is 6.24. The van der Waals surface area contributed by atoms with Crippen molar-refractivity contribution in [1.82, 2.24) is 4.90 Å². The van der Waals surface area contributed by atoms with Gasteiger partial charge in [-0.05, 0) is 36.6 Å². The maximum atomic E-state index is 12.6. The van der Waals surface area contributed by atoms with Crippen molar-refractivity contribution < 1.29 is 4.79 Å². The molecule has 0 aromatic heterocycles. The number of carbonyl (C=O) groups is 1. The highest BCUT2D eigenvalue weighted by Crippen LogP contribution is 2.24. The number of halogens is 1. The summed E-state index contributed by atoms with van der Waals surface area (Å²) in [6.07, 6.45) is 0. The van der Waals surface area contributed by atoms with Crippen molar-refractivity contribution >= 4 is 21.8 Å².